The van der Waals surface area contributed by atoms with E-state index in [0.717, 1.165) is 11.4 Å². The lowest BCUT2D eigenvalue weighted by Crippen LogP contribution is -2.11. The summed E-state index contributed by atoms with van der Waals surface area (Å²) >= 11 is 5.88. The molecule has 0 aliphatic heterocycles. The highest BCUT2D eigenvalue weighted by molar-refractivity contribution is 6.30. The third-order valence-corrected chi connectivity index (χ3v) is 3.83. The highest BCUT2D eigenvalue weighted by Gasteiger charge is 2.17. The molecule has 0 atom stereocenters. The summed E-state index contributed by atoms with van der Waals surface area (Å²) in [6.45, 7) is 0. The van der Waals surface area contributed by atoms with Crippen molar-refractivity contribution in [3.8, 4) is 11.8 Å². The summed E-state index contributed by atoms with van der Waals surface area (Å²) in [5.74, 6) is -0.102. The number of nitrogens with zero attached hydrogens (tertiary/aromatic N) is 2. The number of benzene rings is 2. The van der Waals surface area contributed by atoms with Gasteiger partial charge in [0.2, 0.25) is 5.78 Å². The number of carbonyl (C=O) groups is 1. The van der Waals surface area contributed by atoms with Crippen molar-refractivity contribution in [1.29, 1.82) is 5.26 Å². The normalized spacial score (nSPS) is 10.3. The Labute approximate surface area is 139 Å². The second kappa shape index (κ2) is 6.51. The van der Waals surface area contributed by atoms with E-state index in [-0.39, 0.29) is 12.2 Å². The fraction of sp³-hybridized carbons (Fsp3) is 0.0526. The van der Waals surface area contributed by atoms with Gasteiger partial charge in [-0.3, -0.25) is 4.79 Å². The first-order chi connectivity index (χ1) is 11.2. The molecule has 3 nitrogen and oxygen atoms in total. The van der Waals surface area contributed by atoms with E-state index in [0.29, 0.717) is 16.3 Å². The second-order valence-electron chi connectivity index (χ2n) is 5.05. The molecule has 0 spiro atoms. The van der Waals surface area contributed by atoms with Crippen molar-refractivity contribution in [3.05, 3.63) is 88.7 Å². The predicted octanol–water partition coefficient (Wildman–Crippen LogP) is 4.43. The van der Waals surface area contributed by atoms with Crippen LogP contribution in [0.5, 0.6) is 0 Å². The lowest BCUT2D eigenvalue weighted by atomic mass is 10.1. The van der Waals surface area contributed by atoms with Crippen molar-refractivity contribution >= 4 is 17.4 Å². The van der Waals surface area contributed by atoms with Crippen LogP contribution >= 0.6 is 11.6 Å². The molecule has 23 heavy (non-hydrogen) atoms. The Hall–Kier alpha value is -2.83. The van der Waals surface area contributed by atoms with Crippen LogP contribution in [0.2, 0.25) is 5.02 Å². The number of hydrogen-bond acceptors (Lipinski definition) is 2. The van der Waals surface area contributed by atoms with Gasteiger partial charge in [-0.2, -0.15) is 5.26 Å². The molecule has 1 aromatic heterocycles. The predicted molar refractivity (Wildman–Crippen MR) is 90.0 cm³/mol. The summed E-state index contributed by atoms with van der Waals surface area (Å²) in [6, 6.07) is 22.1. The van der Waals surface area contributed by atoms with Gasteiger partial charge in [-0.1, -0.05) is 29.8 Å². The fourth-order valence-corrected chi connectivity index (χ4v) is 2.63. The maximum Gasteiger partial charge on any atom is 0.209 e. The minimum atomic E-state index is -0.102. The van der Waals surface area contributed by atoms with Gasteiger partial charge in [-0.15, -0.1) is 0 Å². The average molecular weight is 321 g/mol. The van der Waals surface area contributed by atoms with Gasteiger partial charge in [0.1, 0.15) is 0 Å². The van der Waals surface area contributed by atoms with Crippen molar-refractivity contribution in [2.24, 2.45) is 0 Å². The van der Waals surface area contributed by atoms with E-state index in [1.165, 1.54) is 0 Å². The summed E-state index contributed by atoms with van der Waals surface area (Å²) in [4.78, 5) is 12.8. The standard InChI is InChI=1S/C19H13ClN2O/c20-15-8-6-14(7-9-15)19(23)18-11-10-17(12-13-21)22(18)16-4-2-1-3-5-16/h1-11H,12H2. The summed E-state index contributed by atoms with van der Waals surface area (Å²) in [5, 5.41) is 9.61. The van der Waals surface area contributed by atoms with Crippen molar-refractivity contribution < 1.29 is 4.79 Å². The molecule has 0 saturated heterocycles. The van der Waals surface area contributed by atoms with E-state index in [9.17, 15) is 4.79 Å². The van der Waals surface area contributed by atoms with Gasteiger partial charge < -0.3 is 4.57 Å². The molecule has 0 radical (unpaired) electrons. The van der Waals surface area contributed by atoms with E-state index >= 15 is 0 Å². The molecule has 0 N–H and O–H groups in total. The number of carbonyl (C=O) groups excluding carboxylic acids is 1. The summed E-state index contributed by atoms with van der Waals surface area (Å²) in [5.41, 5.74) is 2.74. The number of nitriles is 1. The number of rotatable bonds is 4. The Morgan fingerprint density at radius 3 is 2.35 bits per heavy atom. The number of halogens is 1. The van der Waals surface area contributed by atoms with Gasteiger partial charge in [0.15, 0.2) is 0 Å². The topological polar surface area (TPSA) is 45.8 Å². The summed E-state index contributed by atoms with van der Waals surface area (Å²) in [6.07, 6.45) is 0.239. The number of para-hydroxylation sites is 1. The molecule has 0 amide bonds. The third kappa shape index (κ3) is 3.03. The third-order valence-electron chi connectivity index (χ3n) is 3.58. The summed E-state index contributed by atoms with van der Waals surface area (Å²) < 4.78 is 1.83. The van der Waals surface area contributed by atoms with Crippen LogP contribution in [0.4, 0.5) is 0 Å². The van der Waals surface area contributed by atoms with Crippen LogP contribution in [0.25, 0.3) is 5.69 Å². The highest BCUT2D eigenvalue weighted by atomic mass is 35.5. The zero-order chi connectivity index (χ0) is 16.2. The van der Waals surface area contributed by atoms with Gasteiger partial charge in [0.05, 0.1) is 18.2 Å². The van der Waals surface area contributed by atoms with Gasteiger partial charge in [0.25, 0.3) is 0 Å². The zero-order valence-corrected chi connectivity index (χ0v) is 13.0. The van der Waals surface area contributed by atoms with Crippen molar-refractivity contribution in [1.82, 2.24) is 4.57 Å². The van der Waals surface area contributed by atoms with Crippen LogP contribution < -0.4 is 0 Å². The van der Waals surface area contributed by atoms with E-state index < -0.39 is 0 Å². The smallest absolute Gasteiger partial charge is 0.209 e. The maximum absolute atomic E-state index is 12.8. The highest BCUT2D eigenvalue weighted by Crippen LogP contribution is 2.21. The molecule has 112 valence electrons. The first-order valence-electron chi connectivity index (χ1n) is 7.14. The van der Waals surface area contributed by atoms with Crippen LogP contribution in [-0.2, 0) is 6.42 Å². The molecular weight excluding hydrogens is 308 g/mol. The van der Waals surface area contributed by atoms with E-state index in [1.807, 2.05) is 41.0 Å². The van der Waals surface area contributed by atoms with Crippen LogP contribution in [0.3, 0.4) is 0 Å². The van der Waals surface area contributed by atoms with Gasteiger partial charge in [0, 0.05) is 22.0 Å². The molecule has 3 rings (SSSR count). The molecule has 2 aromatic carbocycles. The molecule has 0 aliphatic rings. The Morgan fingerprint density at radius 2 is 1.70 bits per heavy atom. The molecule has 0 aliphatic carbocycles. The first-order valence-corrected chi connectivity index (χ1v) is 7.52. The second-order valence-corrected chi connectivity index (χ2v) is 5.49. The Balaban J connectivity index is 2.11. The van der Waals surface area contributed by atoms with Gasteiger partial charge >= 0.3 is 0 Å². The number of aromatic nitrogens is 1. The maximum atomic E-state index is 12.8. The quantitative estimate of drug-likeness (QED) is 0.668. The molecule has 0 saturated carbocycles. The Bertz CT molecular complexity index is 874. The Kier molecular flexibility index (Phi) is 4.27. The van der Waals surface area contributed by atoms with Crippen LogP contribution in [0.1, 0.15) is 21.7 Å². The molecule has 0 unspecified atom stereocenters. The van der Waals surface area contributed by atoms with Gasteiger partial charge in [-0.05, 0) is 48.5 Å². The molecule has 0 fully saturated rings. The van der Waals surface area contributed by atoms with Crippen molar-refractivity contribution in [3.63, 3.8) is 0 Å². The van der Waals surface area contributed by atoms with Gasteiger partial charge in [-0.25, -0.2) is 0 Å². The number of ketones is 1. The van der Waals surface area contributed by atoms with Crippen LogP contribution in [0, 0.1) is 11.3 Å². The first kappa shape index (κ1) is 15.1. The molecule has 4 heteroatoms. The van der Waals surface area contributed by atoms with Crippen LogP contribution in [0.15, 0.2) is 66.7 Å². The lowest BCUT2D eigenvalue weighted by Gasteiger charge is -2.12. The average Bonchev–Trinajstić information content (AvgIpc) is 3.00. The minimum Gasteiger partial charge on any atom is -0.310 e. The fourth-order valence-electron chi connectivity index (χ4n) is 2.51. The molecule has 0 bridgehead atoms. The monoisotopic (exact) mass is 320 g/mol. The molecule has 3 aromatic rings. The van der Waals surface area contributed by atoms with Crippen molar-refractivity contribution in [2.75, 3.05) is 0 Å². The minimum absolute atomic E-state index is 0.102. The lowest BCUT2D eigenvalue weighted by molar-refractivity contribution is 0.103. The number of hydrogen-bond donors (Lipinski definition) is 0. The van der Waals surface area contributed by atoms with E-state index in [1.54, 1.807) is 30.3 Å². The molecule has 1 heterocycles. The SMILES string of the molecule is N#CCc1ccc(C(=O)c2ccc(Cl)cc2)n1-c1ccccc1. The van der Waals surface area contributed by atoms with E-state index in [4.69, 9.17) is 16.9 Å². The largest absolute Gasteiger partial charge is 0.310 e. The van der Waals surface area contributed by atoms with E-state index in [2.05, 4.69) is 6.07 Å². The Morgan fingerprint density at radius 1 is 1.00 bits per heavy atom. The van der Waals surface area contributed by atoms with Crippen LogP contribution in [-0.4, -0.2) is 10.4 Å². The van der Waals surface area contributed by atoms with Crippen molar-refractivity contribution in [2.45, 2.75) is 6.42 Å². The molecular formula is C19H13ClN2O. The summed E-state index contributed by atoms with van der Waals surface area (Å²) in [7, 11) is 0. The zero-order valence-electron chi connectivity index (χ0n) is 12.2.